The maximum absolute atomic E-state index is 11.7. The number of carbonyl (C=O) groups excluding carboxylic acids is 1. The summed E-state index contributed by atoms with van der Waals surface area (Å²) in [6.07, 6.45) is 10.8. The Labute approximate surface area is 105 Å². The van der Waals surface area contributed by atoms with Crippen molar-refractivity contribution in [1.29, 1.82) is 0 Å². The molecular formula is C14H25ClO. The summed E-state index contributed by atoms with van der Waals surface area (Å²) in [5, 5.41) is 0. The summed E-state index contributed by atoms with van der Waals surface area (Å²) in [4.78, 5) is 11.7. The van der Waals surface area contributed by atoms with E-state index in [-0.39, 0.29) is 0 Å². The molecule has 0 saturated heterocycles. The van der Waals surface area contributed by atoms with E-state index in [1.807, 2.05) is 0 Å². The first kappa shape index (κ1) is 14.0. The fraction of sp³-hybridized carbons (Fsp3) is 0.929. The molecule has 1 aliphatic carbocycles. The average Bonchev–Trinajstić information content (AvgIpc) is 2.30. The van der Waals surface area contributed by atoms with Crippen LogP contribution in [0.25, 0.3) is 0 Å². The van der Waals surface area contributed by atoms with Gasteiger partial charge < -0.3 is 0 Å². The number of unbranched alkanes of at least 4 members (excludes halogenated alkanes) is 2. The van der Waals surface area contributed by atoms with Gasteiger partial charge in [-0.3, -0.25) is 4.79 Å². The summed E-state index contributed by atoms with van der Waals surface area (Å²) >= 11 is 5.61. The molecule has 0 aromatic heterocycles. The Morgan fingerprint density at radius 2 is 1.88 bits per heavy atom. The van der Waals surface area contributed by atoms with Crippen LogP contribution in [-0.4, -0.2) is 11.7 Å². The quantitative estimate of drug-likeness (QED) is 0.474. The summed E-state index contributed by atoms with van der Waals surface area (Å²) in [6.45, 7) is 2.25. The van der Waals surface area contributed by atoms with Crippen molar-refractivity contribution in [2.45, 2.75) is 64.7 Å². The van der Waals surface area contributed by atoms with Gasteiger partial charge in [0.1, 0.15) is 5.78 Å². The van der Waals surface area contributed by atoms with Gasteiger partial charge in [0.25, 0.3) is 0 Å². The van der Waals surface area contributed by atoms with Gasteiger partial charge in [0.15, 0.2) is 0 Å². The van der Waals surface area contributed by atoms with Gasteiger partial charge >= 0.3 is 0 Å². The first-order valence-electron chi connectivity index (χ1n) is 6.86. The van der Waals surface area contributed by atoms with Crippen LogP contribution in [0.4, 0.5) is 0 Å². The highest BCUT2D eigenvalue weighted by atomic mass is 35.5. The van der Waals surface area contributed by atoms with Gasteiger partial charge in [-0.2, -0.15) is 0 Å². The van der Waals surface area contributed by atoms with Crippen molar-refractivity contribution in [3.63, 3.8) is 0 Å². The lowest BCUT2D eigenvalue weighted by atomic mass is 9.78. The molecule has 1 fully saturated rings. The van der Waals surface area contributed by atoms with Crippen molar-refractivity contribution in [2.75, 3.05) is 5.88 Å². The van der Waals surface area contributed by atoms with Gasteiger partial charge in [0.2, 0.25) is 0 Å². The van der Waals surface area contributed by atoms with Crippen molar-refractivity contribution < 1.29 is 4.79 Å². The third kappa shape index (κ3) is 4.86. The fourth-order valence-corrected chi connectivity index (χ4v) is 2.94. The molecule has 2 heteroatoms. The van der Waals surface area contributed by atoms with Crippen LogP contribution >= 0.6 is 11.6 Å². The summed E-state index contributed by atoms with van der Waals surface area (Å²) in [7, 11) is 0. The highest BCUT2D eigenvalue weighted by molar-refractivity contribution is 6.19. The number of Topliss-reactive ketones (excluding diaryl/α,β-unsaturated/α-hetero) is 1. The molecule has 0 heterocycles. The Morgan fingerprint density at radius 1 is 1.19 bits per heavy atom. The molecule has 94 valence electrons. The fourth-order valence-electron chi connectivity index (χ4n) is 2.75. The average molecular weight is 245 g/mol. The van der Waals surface area contributed by atoms with Crippen LogP contribution in [0.2, 0.25) is 0 Å². The Hall–Kier alpha value is -0.0400. The zero-order valence-electron chi connectivity index (χ0n) is 10.5. The number of halogens is 1. The second kappa shape index (κ2) is 8.11. The van der Waals surface area contributed by atoms with Crippen molar-refractivity contribution in [3.05, 3.63) is 0 Å². The predicted octanol–water partition coefficient (Wildman–Crippen LogP) is 4.57. The summed E-state index contributed by atoms with van der Waals surface area (Å²) in [6, 6.07) is 0. The normalized spacial score (nSPS) is 25.6. The van der Waals surface area contributed by atoms with Crippen LogP contribution in [-0.2, 0) is 4.79 Å². The van der Waals surface area contributed by atoms with E-state index in [1.54, 1.807) is 0 Å². The van der Waals surface area contributed by atoms with Gasteiger partial charge in [-0.15, -0.1) is 11.6 Å². The first-order chi connectivity index (χ1) is 7.77. The zero-order chi connectivity index (χ0) is 11.8. The molecule has 0 atom stereocenters. The second-order valence-corrected chi connectivity index (χ2v) is 5.50. The standard InChI is InChI=1S/C14H25ClO/c1-2-3-4-5-12-6-8-13(9-7-12)14(16)10-11-15/h12-13H,2-11H2,1H3/t12-,13-. The molecule has 0 unspecified atom stereocenters. The minimum atomic E-state index is 0.334. The van der Waals surface area contributed by atoms with Gasteiger partial charge in [-0.05, 0) is 31.6 Å². The maximum atomic E-state index is 11.7. The zero-order valence-corrected chi connectivity index (χ0v) is 11.3. The minimum Gasteiger partial charge on any atom is -0.299 e. The highest BCUT2D eigenvalue weighted by Gasteiger charge is 2.25. The van der Waals surface area contributed by atoms with E-state index >= 15 is 0 Å². The number of hydrogen-bond acceptors (Lipinski definition) is 1. The van der Waals surface area contributed by atoms with Gasteiger partial charge in [0, 0.05) is 18.2 Å². The number of hydrogen-bond donors (Lipinski definition) is 0. The molecule has 1 saturated carbocycles. The SMILES string of the molecule is CCCCC[C@H]1CC[C@H](C(=O)CCCl)CC1. The molecule has 1 aliphatic rings. The van der Waals surface area contributed by atoms with Crippen molar-refractivity contribution in [1.82, 2.24) is 0 Å². The topological polar surface area (TPSA) is 17.1 Å². The lowest BCUT2D eigenvalue weighted by molar-refractivity contribution is -0.123. The Morgan fingerprint density at radius 3 is 2.44 bits per heavy atom. The third-order valence-electron chi connectivity index (χ3n) is 3.86. The van der Waals surface area contributed by atoms with Crippen LogP contribution in [0.1, 0.15) is 64.7 Å². The van der Waals surface area contributed by atoms with Crippen LogP contribution in [0.3, 0.4) is 0 Å². The minimum absolute atomic E-state index is 0.334. The molecule has 0 amide bonds. The maximum Gasteiger partial charge on any atom is 0.137 e. The van der Waals surface area contributed by atoms with Gasteiger partial charge in [0.05, 0.1) is 0 Å². The van der Waals surface area contributed by atoms with Gasteiger partial charge in [-0.1, -0.05) is 32.6 Å². The molecule has 0 N–H and O–H groups in total. The van der Waals surface area contributed by atoms with Crippen molar-refractivity contribution >= 4 is 17.4 Å². The predicted molar refractivity (Wildman–Crippen MR) is 69.9 cm³/mol. The van der Waals surface area contributed by atoms with E-state index in [0.717, 1.165) is 18.8 Å². The first-order valence-corrected chi connectivity index (χ1v) is 7.40. The van der Waals surface area contributed by atoms with E-state index in [2.05, 4.69) is 6.92 Å². The van der Waals surface area contributed by atoms with Crippen LogP contribution in [0.15, 0.2) is 0 Å². The van der Waals surface area contributed by atoms with Crippen LogP contribution in [0.5, 0.6) is 0 Å². The highest BCUT2D eigenvalue weighted by Crippen LogP contribution is 2.32. The Bertz CT molecular complexity index is 195. The van der Waals surface area contributed by atoms with Crippen molar-refractivity contribution in [3.8, 4) is 0 Å². The van der Waals surface area contributed by atoms with Gasteiger partial charge in [-0.25, -0.2) is 0 Å². The van der Waals surface area contributed by atoms with E-state index in [4.69, 9.17) is 11.6 Å². The van der Waals surface area contributed by atoms with Crippen LogP contribution in [0, 0.1) is 11.8 Å². The smallest absolute Gasteiger partial charge is 0.137 e. The molecule has 0 aliphatic heterocycles. The number of carbonyl (C=O) groups is 1. The Kier molecular flexibility index (Phi) is 7.11. The molecule has 1 nitrogen and oxygen atoms in total. The summed E-state index contributed by atoms with van der Waals surface area (Å²) in [5.74, 6) is 2.13. The second-order valence-electron chi connectivity index (χ2n) is 5.12. The molecule has 16 heavy (non-hydrogen) atoms. The van der Waals surface area contributed by atoms with Crippen molar-refractivity contribution in [2.24, 2.45) is 11.8 Å². The number of ketones is 1. The molecule has 0 bridgehead atoms. The summed E-state index contributed by atoms with van der Waals surface area (Å²) < 4.78 is 0. The molecule has 0 aromatic carbocycles. The molecule has 0 spiro atoms. The number of rotatable bonds is 7. The third-order valence-corrected chi connectivity index (χ3v) is 4.05. The largest absolute Gasteiger partial charge is 0.299 e. The van der Waals surface area contributed by atoms with E-state index in [1.165, 1.54) is 38.5 Å². The van der Waals surface area contributed by atoms with E-state index in [9.17, 15) is 4.79 Å². The molecule has 0 radical (unpaired) electrons. The Balaban J connectivity index is 2.15. The molecule has 1 rings (SSSR count). The summed E-state index contributed by atoms with van der Waals surface area (Å²) in [5.41, 5.74) is 0. The lowest BCUT2D eigenvalue weighted by Gasteiger charge is -2.27. The molecular weight excluding hydrogens is 220 g/mol. The molecule has 0 aromatic rings. The lowest BCUT2D eigenvalue weighted by Crippen LogP contribution is -2.22. The monoisotopic (exact) mass is 244 g/mol. The van der Waals surface area contributed by atoms with Crippen LogP contribution < -0.4 is 0 Å². The number of alkyl halides is 1. The van der Waals surface area contributed by atoms with E-state index in [0.29, 0.717) is 24.0 Å². The van der Waals surface area contributed by atoms with E-state index < -0.39 is 0 Å².